The topological polar surface area (TPSA) is 234 Å². The highest BCUT2D eigenvalue weighted by atomic mass is 16.6. The van der Waals surface area contributed by atoms with Crippen molar-refractivity contribution in [2.24, 2.45) is 0 Å². The molecule has 1 aromatic carbocycles. The van der Waals surface area contributed by atoms with E-state index in [4.69, 9.17) is 18.9 Å². The van der Waals surface area contributed by atoms with Crippen LogP contribution in [0.1, 0.15) is 31.9 Å². The minimum Gasteiger partial charge on any atom is -0.493 e. The monoisotopic (exact) mass is 620 g/mol. The summed E-state index contributed by atoms with van der Waals surface area (Å²) < 4.78 is 21.1. The number of nitrogens with zero attached hydrogens (tertiary/aromatic N) is 3. The van der Waals surface area contributed by atoms with E-state index in [-0.39, 0.29) is 47.9 Å². The molecule has 18 nitrogen and oxygen atoms in total. The van der Waals surface area contributed by atoms with Crippen molar-refractivity contribution in [1.29, 1.82) is 0 Å². The molecule has 0 fully saturated rings. The highest BCUT2D eigenvalue weighted by Gasteiger charge is 2.21. The number of ether oxygens (including phenoxy) is 4. The zero-order valence-corrected chi connectivity index (χ0v) is 24.5. The lowest BCUT2D eigenvalue weighted by Crippen LogP contribution is -2.50. The van der Waals surface area contributed by atoms with Gasteiger partial charge in [-0.15, -0.1) is 0 Å². The van der Waals surface area contributed by atoms with Gasteiger partial charge in [0, 0.05) is 6.54 Å². The van der Waals surface area contributed by atoms with Crippen molar-refractivity contribution in [3.8, 4) is 23.3 Å². The maximum atomic E-state index is 12.4. The molecule has 0 spiro atoms. The number of nitrogens with one attached hydrogen (secondary N) is 3. The average Bonchev–Trinajstić information content (AvgIpc) is 2.92. The number of carboxylic acid groups (broad SMARTS) is 1. The molecule has 0 bridgehead atoms. The predicted molar refractivity (Wildman–Crippen MR) is 152 cm³/mol. The number of H-pyrrole nitrogens is 1. The second-order valence-corrected chi connectivity index (χ2v) is 9.68. The average molecular weight is 621 g/mol. The third kappa shape index (κ3) is 10.6. The summed E-state index contributed by atoms with van der Waals surface area (Å²) in [6.45, 7) is 3.26. The van der Waals surface area contributed by atoms with E-state index in [9.17, 15) is 39.2 Å². The molecule has 238 valence electrons. The number of aromatic nitrogens is 2. The minimum atomic E-state index is -1.30. The first-order valence-corrected chi connectivity index (χ1v) is 12.7. The largest absolute Gasteiger partial charge is 0.493 e. The van der Waals surface area contributed by atoms with Crippen molar-refractivity contribution < 1.29 is 43.4 Å². The van der Waals surface area contributed by atoms with Gasteiger partial charge in [-0.2, -0.15) is 0 Å². The Morgan fingerprint density at radius 1 is 1.11 bits per heavy atom. The fraction of sp³-hybridized carbons (Fsp3) is 0.423. The van der Waals surface area contributed by atoms with Crippen LogP contribution >= 0.6 is 0 Å². The maximum Gasteiger partial charge on any atom is 0.408 e. The number of benzene rings is 1. The molecule has 0 aliphatic heterocycles. The first-order valence-electron chi connectivity index (χ1n) is 12.7. The number of methoxy groups -OCH3 is 2. The van der Waals surface area contributed by atoms with Gasteiger partial charge in [-0.3, -0.25) is 29.7 Å². The Kier molecular flexibility index (Phi) is 12.1. The molecule has 0 unspecified atom stereocenters. The van der Waals surface area contributed by atoms with Crippen LogP contribution in [0.25, 0.3) is 0 Å². The lowest BCUT2D eigenvalue weighted by atomic mass is 10.1. The highest BCUT2D eigenvalue weighted by molar-refractivity contribution is 5.71. The molecule has 44 heavy (non-hydrogen) atoms. The van der Waals surface area contributed by atoms with E-state index in [1.54, 1.807) is 20.8 Å². The van der Waals surface area contributed by atoms with Crippen LogP contribution < -0.4 is 36.4 Å². The number of aromatic amines is 1. The third-order valence-corrected chi connectivity index (χ3v) is 5.27. The van der Waals surface area contributed by atoms with Gasteiger partial charge in [0.15, 0.2) is 11.5 Å². The molecule has 18 heteroatoms. The number of carboxylic acids is 1. The molecule has 4 N–H and O–H groups in total. The zero-order valence-electron chi connectivity index (χ0n) is 24.5. The first-order chi connectivity index (χ1) is 20.6. The van der Waals surface area contributed by atoms with Gasteiger partial charge >= 0.3 is 23.8 Å². The van der Waals surface area contributed by atoms with Gasteiger partial charge in [-0.1, -0.05) is 11.8 Å². The van der Waals surface area contributed by atoms with Gasteiger partial charge < -0.3 is 34.7 Å². The van der Waals surface area contributed by atoms with Gasteiger partial charge in [0.05, 0.1) is 50.1 Å². The van der Waals surface area contributed by atoms with Crippen LogP contribution in [0.2, 0.25) is 0 Å². The van der Waals surface area contributed by atoms with E-state index in [1.165, 1.54) is 20.3 Å². The molecule has 1 heterocycles. The standard InChI is InChI=1S/C26H32N6O12/c1-26(2,3)44-25(38)28-9-10-30(14-21(33)34)31-13-16(22(35)29-23(31)36)7-6-8-27-24(37)43-15-17-11-19(41-4)20(42-5)12-18(17)32(39)40/h11-13H,8-10,14-15H2,1-5H3,(H,27,37)(H,28,38)(H,33,34)(H,29,35,36). The van der Waals surface area contributed by atoms with E-state index in [2.05, 4.69) is 22.5 Å². The number of hydrogen-bond acceptors (Lipinski definition) is 12. The molecule has 2 aromatic rings. The number of rotatable bonds is 12. The molecular formula is C26H32N6O12. The molecule has 0 radical (unpaired) electrons. The Bertz CT molecular complexity index is 1560. The number of nitro benzene ring substituents is 1. The fourth-order valence-corrected chi connectivity index (χ4v) is 3.43. The van der Waals surface area contributed by atoms with Gasteiger partial charge in [0.25, 0.3) is 11.2 Å². The van der Waals surface area contributed by atoms with Gasteiger partial charge in [-0.25, -0.2) is 19.1 Å². The van der Waals surface area contributed by atoms with Crippen molar-refractivity contribution in [2.45, 2.75) is 33.0 Å². The van der Waals surface area contributed by atoms with Crippen LogP contribution in [0.4, 0.5) is 15.3 Å². The predicted octanol–water partition coefficient (Wildman–Crippen LogP) is 0.287. The molecule has 0 atom stereocenters. The number of hydrogen-bond donors (Lipinski definition) is 4. The number of carbonyl (C=O) groups excluding carboxylic acids is 2. The first kappa shape index (κ1) is 34.5. The normalized spacial score (nSPS) is 10.5. The molecule has 2 rings (SSSR count). The number of nitro groups is 1. The molecule has 2 amide bonds. The van der Waals surface area contributed by atoms with E-state index in [0.29, 0.717) is 0 Å². The van der Waals surface area contributed by atoms with Crippen LogP contribution in [0.3, 0.4) is 0 Å². The SMILES string of the molecule is COc1cc(COC(=O)NCC#Cc2cn(N(CCNC(=O)OC(C)(C)C)CC(=O)O)c(=O)[nH]c2=O)c([N+](=O)[O-])cc1OC. The van der Waals surface area contributed by atoms with Gasteiger partial charge in [0.2, 0.25) is 0 Å². The number of aliphatic carboxylic acids is 1. The second kappa shape index (κ2) is 15.5. The highest BCUT2D eigenvalue weighted by Crippen LogP contribution is 2.34. The van der Waals surface area contributed by atoms with E-state index in [1.807, 2.05) is 4.98 Å². The van der Waals surface area contributed by atoms with Crippen LogP contribution in [0, 0.1) is 22.0 Å². The Balaban J connectivity index is 2.09. The third-order valence-electron chi connectivity index (χ3n) is 5.27. The molecule has 0 aliphatic rings. The Hall–Kier alpha value is -5.73. The number of alkyl carbamates (subject to hydrolysis) is 2. The quantitative estimate of drug-likeness (QED) is 0.142. The summed E-state index contributed by atoms with van der Waals surface area (Å²) in [6.07, 6.45) is -0.715. The Morgan fingerprint density at radius 3 is 2.36 bits per heavy atom. The summed E-state index contributed by atoms with van der Waals surface area (Å²) in [5, 5.41) is 26.5. The van der Waals surface area contributed by atoms with Crippen LogP contribution in [0.5, 0.6) is 11.5 Å². The summed E-state index contributed by atoms with van der Waals surface area (Å²) in [4.78, 5) is 72.9. The van der Waals surface area contributed by atoms with E-state index < -0.39 is 53.1 Å². The van der Waals surface area contributed by atoms with Gasteiger partial charge in [-0.05, 0) is 26.8 Å². The van der Waals surface area contributed by atoms with Crippen molar-refractivity contribution in [3.05, 3.63) is 60.4 Å². The van der Waals surface area contributed by atoms with Crippen LogP contribution in [-0.2, 0) is 20.9 Å². The molecule has 0 saturated carbocycles. The lowest BCUT2D eigenvalue weighted by Gasteiger charge is -2.25. The van der Waals surface area contributed by atoms with Crippen molar-refractivity contribution >= 4 is 23.8 Å². The smallest absolute Gasteiger partial charge is 0.408 e. The van der Waals surface area contributed by atoms with Crippen molar-refractivity contribution in [3.63, 3.8) is 0 Å². The van der Waals surface area contributed by atoms with Crippen LogP contribution in [0.15, 0.2) is 27.9 Å². The van der Waals surface area contributed by atoms with E-state index in [0.717, 1.165) is 21.9 Å². The summed E-state index contributed by atoms with van der Waals surface area (Å²) in [5.74, 6) is 3.96. The Morgan fingerprint density at radius 2 is 1.77 bits per heavy atom. The van der Waals surface area contributed by atoms with Crippen molar-refractivity contribution in [2.75, 3.05) is 45.4 Å². The molecule has 0 aliphatic carbocycles. The number of carbonyl (C=O) groups is 3. The summed E-state index contributed by atoms with van der Waals surface area (Å²) in [7, 11) is 2.65. The second-order valence-electron chi connectivity index (χ2n) is 9.68. The Labute approximate surface area is 250 Å². The molecule has 0 saturated heterocycles. The summed E-state index contributed by atoms with van der Waals surface area (Å²) >= 11 is 0. The van der Waals surface area contributed by atoms with E-state index >= 15 is 0 Å². The van der Waals surface area contributed by atoms with Gasteiger partial charge in [0.1, 0.15) is 24.3 Å². The zero-order chi connectivity index (χ0) is 33.0. The minimum absolute atomic E-state index is 0.0369. The van der Waals surface area contributed by atoms with Crippen molar-refractivity contribution in [1.82, 2.24) is 20.3 Å². The number of amides is 2. The lowest BCUT2D eigenvalue weighted by molar-refractivity contribution is -0.385. The molecule has 1 aromatic heterocycles. The summed E-state index contributed by atoms with van der Waals surface area (Å²) in [5.41, 5.74) is -3.15. The maximum absolute atomic E-state index is 12.4. The van der Waals surface area contributed by atoms with Crippen LogP contribution in [-0.4, -0.2) is 83.8 Å². The fourth-order valence-electron chi connectivity index (χ4n) is 3.43. The summed E-state index contributed by atoms with van der Waals surface area (Å²) in [6, 6.07) is 2.43. The molecular weight excluding hydrogens is 588 g/mol.